The van der Waals surface area contributed by atoms with Crippen molar-refractivity contribution in [2.45, 2.75) is 0 Å². The molecule has 0 amide bonds. The first-order chi connectivity index (χ1) is 1.91. The maximum atomic E-state index is 8.90. The monoisotopic (exact) mass is 74.0 g/mol. The van der Waals surface area contributed by atoms with Gasteiger partial charge in [0.05, 0.1) is 0 Å². The Morgan fingerprint density at radius 2 is 2.00 bits per heavy atom. The molecule has 0 aliphatic heterocycles. The van der Waals surface area contributed by atoms with E-state index in [0.29, 0.717) is 6.87 Å². The van der Waals surface area contributed by atoms with E-state index in [9.17, 15) is 0 Å². The number of rotatable bonds is 1. The van der Waals surface area contributed by atoms with Gasteiger partial charge in [0.2, 0.25) is 0 Å². The second kappa shape index (κ2) is 2.96. The van der Waals surface area contributed by atoms with Crippen LogP contribution in [0.25, 0.3) is 0 Å². The van der Waals surface area contributed by atoms with Crippen molar-refractivity contribution in [1.29, 1.82) is 0 Å². The van der Waals surface area contributed by atoms with Crippen LogP contribution in [0, 0.1) is 0 Å². The molecule has 4 heteroatoms. The Hall–Kier alpha value is -0.0351. The van der Waals surface area contributed by atoms with Crippen LogP contribution in [0.4, 0.5) is 0 Å². The summed E-state index contributed by atoms with van der Waals surface area (Å²) in [6.07, 6.45) is 0. The van der Waals surface area contributed by atoms with Crippen molar-refractivity contribution in [3.05, 3.63) is 0 Å². The first-order valence-electron chi connectivity index (χ1n) is 0.676. The summed E-state index contributed by atoms with van der Waals surface area (Å²) in [6.45, 7) is 0.292. The van der Waals surface area contributed by atoms with Crippen molar-refractivity contribution in [3.8, 4) is 0 Å². The molecule has 0 aromatic rings. The van der Waals surface area contributed by atoms with Crippen LogP contribution in [-0.4, -0.2) is 6.87 Å². The van der Waals surface area contributed by atoms with Gasteiger partial charge in [0.25, 0.3) is 0 Å². The molecule has 0 aromatic carbocycles. The van der Waals surface area contributed by atoms with Gasteiger partial charge in [-0.05, 0) is 0 Å². The van der Waals surface area contributed by atoms with Crippen molar-refractivity contribution >= 4 is 15.2 Å². The standard InChI is InChI=1S/BO2P/c2-1-4-3. The molecule has 0 atom stereocenters. The van der Waals surface area contributed by atoms with Gasteiger partial charge in [-0.25, -0.2) is 0 Å². The molecule has 0 aliphatic rings. The molecular formula is BO2P. The SMILES string of the molecule is O=BP=O. The van der Waals surface area contributed by atoms with Gasteiger partial charge in [-0.3, -0.25) is 0 Å². The van der Waals surface area contributed by atoms with E-state index >= 15 is 0 Å². The molecule has 0 aromatic heterocycles. The molecule has 0 radical (unpaired) electrons. The molecule has 4 heavy (non-hydrogen) atoms. The van der Waals surface area contributed by atoms with Gasteiger partial charge in [-0.15, -0.1) is 0 Å². The predicted octanol–water partition coefficient (Wildman–Crippen LogP) is 0.243. The third kappa shape index (κ3) is 1.96. The zero-order valence-electron chi connectivity index (χ0n) is 1.84. The third-order valence-electron chi connectivity index (χ3n) is 0.0430. The van der Waals surface area contributed by atoms with Crippen LogP contribution in [0.3, 0.4) is 0 Å². The molecule has 0 fully saturated rings. The Bertz CT molecular complexity index is 27.0. The van der Waals surface area contributed by atoms with Crippen LogP contribution in [0.5, 0.6) is 0 Å². The van der Waals surface area contributed by atoms with Gasteiger partial charge in [-0.2, -0.15) is 0 Å². The summed E-state index contributed by atoms with van der Waals surface area (Å²) in [5.41, 5.74) is 0. The molecule has 0 unspecified atom stereocenters. The Balaban J connectivity index is 2.73. The van der Waals surface area contributed by atoms with Crippen LogP contribution in [0.2, 0.25) is 0 Å². The zero-order chi connectivity index (χ0) is 3.41. The van der Waals surface area contributed by atoms with Gasteiger partial charge in [0, 0.05) is 0 Å². The van der Waals surface area contributed by atoms with E-state index in [1.165, 1.54) is 0 Å². The van der Waals surface area contributed by atoms with Gasteiger partial charge in [0.1, 0.15) is 0 Å². The molecular weight excluding hydrogens is 73.8 g/mol. The summed E-state index contributed by atoms with van der Waals surface area (Å²) < 4.78 is 17.8. The van der Waals surface area contributed by atoms with E-state index in [1.807, 2.05) is 0 Å². The van der Waals surface area contributed by atoms with E-state index in [0.717, 1.165) is 0 Å². The van der Waals surface area contributed by atoms with Crippen LogP contribution >= 0.6 is 8.34 Å². The molecule has 0 saturated carbocycles. The average Bonchev–Trinajstić information content (AvgIpc) is 1.37. The topological polar surface area (TPSA) is 34.1 Å². The van der Waals surface area contributed by atoms with Gasteiger partial charge >= 0.3 is 24.5 Å². The molecule has 0 aliphatic carbocycles. The summed E-state index contributed by atoms with van der Waals surface area (Å²) in [4.78, 5) is 0. The van der Waals surface area contributed by atoms with Gasteiger partial charge in [-0.1, -0.05) is 0 Å². The number of hydrogen-bond donors (Lipinski definition) is 0. The van der Waals surface area contributed by atoms with Crippen LogP contribution in [0.1, 0.15) is 0 Å². The molecule has 0 N–H and O–H groups in total. The summed E-state index contributed by atoms with van der Waals surface area (Å²) in [5, 5.41) is 0. The van der Waals surface area contributed by atoms with E-state index in [1.54, 1.807) is 0 Å². The first-order valence-corrected chi connectivity index (χ1v) is 1.56. The molecule has 0 rings (SSSR count). The Labute approximate surface area is 25.6 Å². The molecule has 0 heterocycles. The van der Waals surface area contributed by atoms with Gasteiger partial charge < -0.3 is 0 Å². The second-order valence-electron chi connectivity index (χ2n) is 0.211. The summed E-state index contributed by atoms with van der Waals surface area (Å²) in [5.74, 6) is 0. The predicted molar refractivity (Wildman–Crippen MR) is 14.0 cm³/mol. The Kier molecular flexibility index (Phi) is 2.94. The maximum absolute atomic E-state index is 8.90. The normalized spacial score (nSPS) is 6.00. The van der Waals surface area contributed by atoms with E-state index in [2.05, 4.69) is 0 Å². The van der Waals surface area contributed by atoms with Crippen molar-refractivity contribution < 1.29 is 9.27 Å². The Morgan fingerprint density at radius 3 is 2.00 bits per heavy atom. The fourth-order valence-electron chi connectivity index (χ4n) is 0. The molecule has 0 saturated heterocycles. The molecule has 20 valence electrons. The first kappa shape index (κ1) is 3.96. The summed E-state index contributed by atoms with van der Waals surface area (Å²) in [7, 11) is -0.432. The minimum atomic E-state index is -0.432. The zero-order valence-corrected chi connectivity index (χ0v) is 2.74. The third-order valence-corrected chi connectivity index (χ3v) is 0.129. The molecule has 0 bridgehead atoms. The average molecular weight is 73.8 g/mol. The minimum absolute atomic E-state index is 0.292. The number of hydrogen-bond acceptors (Lipinski definition) is 2. The quantitative estimate of drug-likeness (QED) is 0.329. The van der Waals surface area contributed by atoms with E-state index in [-0.39, 0.29) is 0 Å². The fourth-order valence-corrected chi connectivity index (χ4v) is 0. The van der Waals surface area contributed by atoms with Crippen LogP contribution in [-0.2, 0) is 9.27 Å². The van der Waals surface area contributed by atoms with Crippen LogP contribution in [0.15, 0.2) is 0 Å². The van der Waals surface area contributed by atoms with Crippen molar-refractivity contribution in [3.63, 3.8) is 0 Å². The fraction of sp³-hybridized carbons (Fsp3) is 0. The Morgan fingerprint density at radius 1 is 1.75 bits per heavy atom. The summed E-state index contributed by atoms with van der Waals surface area (Å²) in [6, 6.07) is 0. The van der Waals surface area contributed by atoms with Crippen molar-refractivity contribution in [2.75, 3.05) is 0 Å². The molecule has 2 nitrogen and oxygen atoms in total. The van der Waals surface area contributed by atoms with E-state index < -0.39 is 8.34 Å². The van der Waals surface area contributed by atoms with Crippen LogP contribution < -0.4 is 0 Å². The van der Waals surface area contributed by atoms with Gasteiger partial charge in [0.15, 0.2) is 0 Å². The molecule has 0 spiro atoms. The second-order valence-corrected chi connectivity index (χ2v) is 0.632. The van der Waals surface area contributed by atoms with E-state index in [4.69, 9.17) is 9.27 Å². The van der Waals surface area contributed by atoms with Crippen molar-refractivity contribution in [1.82, 2.24) is 0 Å². The van der Waals surface area contributed by atoms with Crippen molar-refractivity contribution in [2.24, 2.45) is 0 Å². The summed E-state index contributed by atoms with van der Waals surface area (Å²) >= 11 is 0.